The molecule has 0 heterocycles. The summed E-state index contributed by atoms with van der Waals surface area (Å²) in [5, 5.41) is 18.5. The van der Waals surface area contributed by atoms with E-state index in [9.17, 15) is 5.21 Å². The van der Waals surface area contributed by atoms with E-state index in [0.717, 1.165) is 45.6 Å². The Morgan fingerprint density at radius 2 is 1.43 bits per heavy atom. The van der Waals surface area contributed by atoms with Gasteiger partial charge in [-0.3, -0.25) is 0 Å². The van der Waals surface area contributed by atoms with Crippen molar-refractivity contribution in [3.8, 4) is 0 Å². The Morgan fingerprint density at radius 3 is 1.90 bits per heavy atom. The summed E-state index contributed by atoms with van der Waals surface area (Å²) in [7, 11) is 0. The fourth-order valence-electron chi connectivity index (χ4n) is 2.38. The first-order chi connectivity index (χ1) is 10.0. The first-order valence-corrected chi connectivity index (χ1v) is 8.59. The summed E-state index contributed by atoms with van der Waals surface area (Å²) in [5.41, 5.74) is 5.44. The summed E-state index contributed by atoms with van der Waals surface area (Å²) in [5.74, 6) is 0.464. The fraction of sp³-hybridized carbons (Fsp3) is 1.00. The third kappa shape index (κ3) is 11.1. The van der Waals surface area contributed by atoms with E-state index in [0.29, 0.717) is 5.92 Å². The maximum Gasteiger partial charge on any atom is 0.0388 e. The number of unbranched alkanes of at least 4 members (excludes halogenated alkanes) is 1. The van der Waals surface area contributed by atoms with E-state index in [-0.39, 0.29) is 12.1 Å². The van der Waals surface area contributed by atoms with Gasteiger partial charge in [-0.05, 0) is 78.2 Å². The second-order valence-corrected chi connectivity index (χ2v) is 6.42. The van der Waals surface area contributed by atoms with Gasteiger partial charge in [0.15, 0.2) is 0 Å². The zero-order valence-electron chi connectivity index (χ0n) is 14.6. The molecule has 0 fully saturated rings. The van der Waals surface area contributed by atoms with Crippen molar-refractivity contribution in [1.29, 1.82) is 0 Å². The van der Waals surface area contributed by atoms with E-state index in [1.807, 2.05) is 13.8 Å². The minimum atomic E-state index is 0.178. The van der Waals surface area contributed by atoms with E-state index in [2.05, 4.69) is 24.5 Å². The zero-order chi connectivity index (χ0) is 16.1. The number of nitrogens with two attached hydrogens (primary N) is 1. The molecule has 0 aliphatic heterocycles. The molecule has 1 atom stereocenters. The third-order valence-electron chi connectivity index (χ3n) is 3.77. The van der Waals surface area contributed by atoms with E-state index in [1.165, 1.54) is 17.9 Å². The summed E-state index contributed by atoms with van der Waals surface area (Å²) >= 11 is 0. The van der Waals surface area contributed by atoms with Crippen LogP contribution < -0.4 is 16.4 Å². The summed E-state index contributed by atoms with van der Waals surface area (Å²) < 4.78 is 0. The average molecular weight is 303 g/mol. The zero-order valence-corrected chi connectivity index (χ0v) is 14.6. The monoisotopic (exact) mass is 302 g/mol. The lowest BCUT2D eigenvalue weighted by Gasteiger charge is -2.32. The van der Waals surface area contributed by atoms with Gasteiger partial charge in [-0.15, -0.1) is 0 Å². The van der Waals surface area contributed by atoms with Crippen LogP contribution in [0.4, 0.5) is 0 Å². The molecule has 0 saturated heterocycles. The number of hydrogen-bond donors (Lipinski definition) is 4. The van der Waals surface area contributed by atoms with Crippen molar-refractivity contribution < 1.29 is 5.21 Å². The van der Waals surface area contributed by atoms with Crippen molar-refractivity contribution in [2.45, 2.75) is 65.5 Å². The molecule has 0 aromatic carbocycles. The highest BCUT2D eigenvalue weighted by atomic mass is 16.5. The van der Waals surface area contributed by atoms with Crippen LogP contribution in [0.1, 0.15) is 53.4 Å². The molecule has 0 radical (unpaired) electrons. The standard InChI is InChI=1S/C16H38N4O/c1-14(2)16(20(21)15(3)4)8-13-19-11-6-5-10-18-12-7-9-17/h14-16,18-19,21H,5-13,17H2,1-4H3. The molecule has 0 aliphatic carbocycles. The van der Waals surface area contributed by atoms with Gasteiger partial charge in [-0.25, -0.2) is 0 Å². The lowest BCUT2D eigenvalue weighted by Crippen LogP contribution is -2.42. The Labute approximate surface area is 131 Å². The minimum absolute atomic E-state index is 0.178. The molecule has 128 valence electrons. The van der Waals surface area contributed by atoms with Crippen LogP contribution in [0.5, 0.6) is 0 Å². The van der Waals surface area contributed by atoms with Crippen molar-refractivity contribution in [2.24, 2.45) is 11.7 Å². The van der Waals surface area contributed by atoms with Crippen LogP contribution in [-0.4, -0.2) is 55.1 Å². The molecule has 0 aromatic heterocycles. The van der Waals surface area contributed by atoms with Crippen LogP contribution in [0, 0.1) is 5.92 Å². The van der Waals surface area contributed by atoms with Crippen LogP contribution in [0.2, 0.25) is 0 Å². The minimum Gasteiger partial charge on any atom is -0.330 e. The van der Waals surface area contributed by atoms with Crippen LogP contribution in [0.3, 0.4) is 0 Å². The van der Waals surface area contributed by atoms with Gasteiger partial charge >= 0.3 is 0 Å². The number of rotatable bonds is 14. The molecule has 5 heteroatoms. The summed E-state index contributed by atoms with van der Waals surface area (Å²) in [6.45, 7) is 13.3. The lowest BCUT2D eigenvalue weighted by molar-refractivity contribution is -0.163. The maximum absolute atomic E-state index is 10.1. The molecule has 5 N–H and O–H groups in total. The number of hydroxylamine groups is 2. The Kier molecular flexibility index (Phi) is 13.3. The first kappa shape index (κ1) is 20.8. The van der Waals surface area contributed by atoms with Crippen molar-refractivity contribution in [3.05, 3.63) is 0 Å². The molecule has 0 bridgehead atoms. The fourth-order valence-corrected chi connectivity index (χ4v) is 2.38. The maximum atomic E-state index is 10.1. The Hall–Kier alpha value is -0.200. The quantitative estimate of drug-likeness (QED) is 0.291. The molecule has 1 unspecified atom stereocenters. The van der Waals surface area contributed by atoms with Crippen LogP contribution in [-0.2, 0) is 0 Å². The molecule has 0 rings (SSSR count). The molecule has 0 aliphatic rings. The largest absolute Gasteiger partial charge is 0.330 e. The molecular formula is C16H38N4O. The summed E-state index contributed by atoms with van der Waals surface area (Å²) in [4.78, 5) is 0. The average Bonchev–Trinajstić information content (AvgIpc) is 2.43. The number of nitrogens with one attached hydrogen (secondary N) is 2. The predicted octanol–water partition coefficient (Wildman–Crippen LogP) is 1.81. The van der Waals surface area contributed by atoms with Gasteiger partial charge in [-0.2, -0.15) is 5.06 Å². The van der Waals surface area contributed by atoms with E-state index >= 15 is 0 Å². The molecule has 21 heavy (non-hydrogen) atoms. The Morgan fingerprint density at radius 1 is 0.905 bits per heavy atom. The van der Waals surface area contributed by atoms with Gasteiger partial charge in [0, 0.05) is 12.1 Å². The van der Waals surface area contributed by atoms with Crippen molar-refractivity contribution in [2.75, 3.05) is 32.7 Å². The third-order valence-corrected chi connectivity index (χ3v) is 3.77. The van der Waals surface area contributed by atoms with Crippen LogP contribution >= 0.6 is 0 Å². The molecule has 0 aromatic rings. The molecule has 0 spiro atoms. The number of hydrogen-bond acceptors (Lipinski definition) is 5. The van der Waals surface area contributed by atoms with Crippen LogP contribution in [0.15, 0.2) is 0 Å². The van der Waals surface area contributed by atoms with E-state index < -0.39 is 0 Å². The van der Waals surface area contributed by atoms with Crippen LogP contribution in [0.25, 0.3) is 0 Å². The van der Waals surface area contributed by atoms with Crippen molar-refractivity contribution >= 4 is 0 Å². The second kappa shape index (κ2) is 13.5. The van der Waals surface area contributed by atoms with Gasteiger partial charge in [-0.1, -0.05) is 13.8 Å². The molecule has 5 nitrogen and oxygen atoms in total. The highest BCUT2D eigenvalue weighted by Gasteiger charge is 2.21. The molecule has 0 saturated carbocycles. The molecule has 0 amide bonds. The normalized spacial score (nSPS) is 13.6. The SMILES string of the molecule is CC(C)C(CCNCCCCNCCCN)N(O)C(C)C. The molecular weight excluding hydrogens is 264 g/mol. The summed E-state index contributed by atoms with van der Waals surface area (Å²) in [6, 6.07) is 0.410. The van der Waals surface area contributed by atoms with Crippen molar-refractivity contribution in [1.82, 2.24) is 15.7 Å². The van der Waals surface area contributed by atoms with Gasteiger partial charge in [0.2, 0.25) is 0 Å². The second-order valence-electron chi connectivity index (χ2n) is 6.42. The first-order valence-electron chi connectivity index (χ1n) is 8.59. The Bertz CT molecular complexity index is 224. The highest BCUT2D eigenvalue weighted by Crippen LogP contribution is 2.14. The summed E-state index contributed by atoms with van der Waals surface area (Å²) in [6.07, 6.45) is 4.43. The highest BCUT2D eigenvalue weighted by molar-refractivity contribution is 4.72. The van der Waals surface area contributed by atoms with Crippen molar-refractivity contribution in [3.63, 3.8) is 0 Å². The lowest BCUT2D eigenvalue weighted by atomic mass is 9.99. The predicted molar refractivity (Wildman–Crippen MR) is 90.6 cm³/mol. The Balaban J connectivity index is 3.55. The van der Waals surface area contributed by atoms with Gasteiger partial charge in [0.1, 0.15) is 0 Å². The van der Waals surface area contributed by atoms with Gasteiger partial charge < -0.3 is 21.6 Å². The number of nitrogens with zero attached hydrogens (tertiary/aromatic N) is 1. The smallest absolute Gasteiger partial charge is 0.0388 e. The topological polar surface area (TPSA) is 73.5 Å². The van der Waals surface area contributed by atoms with E-state index in [1.54, 1.807) is 0 Å². The van der Waals surface area contributed by atoms with Gasteiger partial charge in [0.25, 0.3) is 0 Å². The van der Waals surface area contributed by atoms with Gasteiger partial charge in [0.05, 0.1) is 0 Å². The van der Waals surface area contributed by atoms with E-state index in [4.69, 9.17) is 5.73 Å².